The van der Waals surface area contributed by atoms with Crippen LogP contribution in [-0.4, -0.2) is 59.6 Å². The number of carbonyl (C=O) groups is 2. The van der Waals surface area contributed by atoms with Gasteiger partial charge < -0.3 is 14.6 Å². The Morgan fingerprint density at radius 3 is 1.78 bits per heavy atom. The highest BCUT2D eigenvalue weighted by atomic mass is 16.7. The molecule has 0 aromatic carbocycles. The normalized spacial score (nSPS) is 21.2. The van der Waals surface area contributed by atoms with Crippen molar-refractivity contribution in [3.05, 3.63) is 0 Å². The first-order chi connectivity index (χ1) is 10.5. The lowest BCUT2D eigenvalue weighted by atomic mass is 9.80. The number of piperidine rings is 1. The standard InChI is InChI=1S/C16H29NO6/c1-15(2)9-11(18)10-16(3,4)17(15)23-12(7-13(19)21-5)8-14(20)22-6/h11-12,18H,7-10H2,1-6H3. The molecule has 134 valence electrons. The van der Waals surface area contributed by atoms with E-state index in [1.165, 1.54) is 14.2 Å². The maximum Gasteiger partial charge on any atom is 0.308 e. The quantitative estimate of drug-likeness (QED) is 0.737. The van der Waals surface area contributed by atoms with Gasteiger partial charge in [-0.3, -0.25) is 14.4 Å². The summed E-state index contributed by atoms with van der Waals surface area (Å²) in [6.07, 6.45) is -0.101. The van der Waals surface area contributed by atoms with Crippen LogP contribution in [0.1, 0.15) is 53.4 Å². The third-order valence-corrected chi connectivity index (χ3v) is 4.07. The zero-order valence-corrected chi connectivity index (χ0v) is 14.9. The fourth-order valence-corrected chi connectivity index (χ4v) is 3.33. The molecule has 1 saturated heterocycles. The fourth-order valence-electron chi connectivity index (χ4n) is 3.33. The number of methoxy groups -OCH3 is 2. The molecule has 7 nitrogen and oxygen atoms in total. The zero-order valence-electron chi connectivity index (χ0n) is 14.9. The molecule has 1 aliphatic heterocycles. The smallest absolute Gasteiger partial charge is 0.308 e. The summed E-state index contributed by atoms with van der Waals surface area (Å²) in [7, 11) is 2.59. The number of hydroxylamine groups is 2. The van der Waals surface area contributed by atoms with Crippen molar-refractivity contribution >= 4 is 11.9 Å². The van der Waals surface area contributed by atoms with E-state index in [-0.39, 0.29) is 12.8 Å². The molecule has 23 heavy (non-hydrogen) atoms. The van der Waals surface area contributed by atoms with Gasteiger partial charge in [0.15, 0.2) is 0 Å². The highest BCUT2D eigenvalue weighted by molar-refractivity contribution is 5.73. The van der Waals surface area contributed by atoms with E-state index in [0.29, 0.717) is 12.8 Å². The Morgan fingerprint density at radius 2 is 1.43 bits per heavy atom. The monoisotopic (exact) mass is 331 g/mol. The van der Waals surface area contributed by atoms with Crippen molar-refractivity contribution < 1.29 is 29.0 Å². The zero-order chi connectivity index (χ0) is 17.8. The predicted octanol–water partition coefficient (Wildman–Crippen LogP) is 1.43. The Labute approximate surface area is 137 Å². The van der Waals surface area contributed by atoms with Crippen LogP contribution >= 0.6 is 0 Å². The third kappa shape index (κ3) is 5.44. The second-order valence-electron chi connectivity index (χ2n) is 7.27. The van der Waals surface area contributed by atoms with Crippen LogP contribution in [0.15, 0.2) is 0 Å². The van der Waals surface area contributed by atoms with Gasteiger partial charge >= 0.3 is 11.9 Å². The summed E-state index contributed by atoms with van der Waals surface area (Å²) >= 11 is 0. The largest absolute Gasteiger partial charge is 0.469 e. The third-order valence-electron chi connectivity index (χ3n) is 4.07. The lowest BCUT2D eigenvalue weighted by molar-refractivity contribution is -0.314. The van der Waals surface area contributed by atoms with Gasteiger partial charge in [0.25, 0.3) is 0 Å². The Kier molecular flexibility index (Phi) is 6.56. The van der Waals surface area contributed by atoms with Crippen LogP contribution < -0.4 is 0 Å². The van der Waals surface area contributed by atoms with E-state index in [1.54, 1.807) is 5.06 Å². The van der Waals surface area contributed by atoms with Crippen LogP contribution in [0.25, 0.3) is 0 Å². The molecule has 0 amide bonds. The Morgan fingerprint density at radius 1 is 1.04 bits per heavy atom. The van der Waals surface area contributed by atoms with Crippen molar-refractivity contribution in [3.63, 3.8) is 0 Å². The topological polar surface area (TPSA) is 85.3 Å². The molecule has 0 bridgehead atoms. The molecule has 1 fully saturated rings. The molecule has 0 atom stereocenters. The molecule has 1 rings (SSSR count). The summed E-state index contributed by atoms with van der Waals surface area (Å²) in [5, 5.41) is 11.9. The summed E-state index contributed by atoms with van der Waals surface area (Å²) in [4.78, 5) is 29.2. The predicted molar refractivity (Wildman–Crippen MR) is 83.4 cm³/mol. The molecule has 0 aromatic rings. The Balaban J connectivity index is 2.94. The number of rotatable bonds is 6. The van der Waals surface area contributed by atoms with Gasteiger partial charge in [0.05, 0.1) is 33.2 Å². The number of aliphatic hydroxyl groups excluding tert-OH is 1. The molecular weight excluding hydrogens is 302 g/mol. The van der Waals surface area contributed by atoms with Crippen molar-refractivity contribution in [1.29, 1.82) is 0 Å². The number of esters is 2. The van der Waals surface area contributed by atoms with E-state index in [1.807, 2.05) is 27.7 Å². The average molecular weight is 331 g/mol. The minimum absolute atomic E-state index is 0.0448. The molecule has 0 spiro atoms. The van der Waals surface area contributed by atoms with Crippen LogP contribution in [0.5, 0.6) is 0 Å². The summed E-state index contributed by atoms with van der Waals surface area (Å²) in [5.74, 6) is -0.905. The van der Waals surface area contributed by atoms with Gasteiger partial charge in [-0.15, -0.1) is 0 Å². The summed E-state index contributed by atoms with van der Waals surface area (Å²) in [6, 6.07) is 0. The molecule has 1 N–H and O–H groups in total. The van der Waals surface area contributed by atoms with E-state index >= 15 is 0 Å². The van der Waals surface area contributed by atoms with Crippen LogP contribution in [0, 0.1) is 0 Å². The van der Waals surface area contributed by atoms with Crippen LogP contribution in [0.2, 0.25) is 0 Å². The first-order valence-electron chi connectivity index (χ1n) is 7.80. The molecule has 0 saturated carbocycles. The summed E-state index contributed by atoms with van der Waals surface area (Å²) in [5.41, 5.74) is -0.878. The van der Waals surface area contributed by atoms with Gasteiger partial charge in [-0.25, -0.2) is 0 Å². The van der Waals surface area contributed by atoms with E-state index in [9.17, 15) is 14.7 Å². The first-order valence-corrected chi connectivity index (χ1v) is 7.80. The number of ether oxygens (including phenoxy) is 2. The molecule has 0 aromatic heterocycles. The number of nitrogens with zero attached hydrogens (tertiary/aromatic N) is 1. The molecule has 0 unspecified atom stereocenters. The Hall–Kier alpha value is -1.18. The Bertz CT molecular complexity index is 398. The SMILES string of the molecule is COC(=O)CC(CC(=O)OC)ON1C(C)(C)CC(O)CC1(C)C. The molecule has 1 heterocycles. The van der Waals surface area contributed by atoms with E-state index in [2.05, 4.69) is 9.47 Å². The first kappa shape index (κ1) is 19.9. The highest BCUT2D eigenvalue weighted by Gasteiger charge is 2.47. The van der Waals surface area contributed by atoms with Crippen LogP contribution in [-0.2, 0) is 23.9 Å². The van der Waals surface area contributed by atoms with Gasteiger partial charge in [0, 0.05) is 11.1 Å². The maximum atomic E-state index is 11.6. The van der Waals surface area contributed by atoms with Gasteiger partial charge in [-0.2, -0.15) is 5.06 Å². The second-order valence-corrected chi connectivity index (χ2v) is 7.27. The fraction of sp³-hybridized carbons (Fsp3) is 0.875. The van der Waals surface area contributed by atoms with Crippen LogP contribution in [0.4, 0.5) is 0 Å². The van der Waals surface area contributed by atoms with Crippen molar-refractivity contribution in [2.45, 2.75) is 76.7 Å². The van der Waals surface area contributed by atoms with E-state index < -0.39 is 35.2 Å². The number of hydrogen-bond acceptors (Lipinski definition) is 7. The maximum absolute atomic E-state index is 11.6. The van der Waals surface area contributed by atoms with Crippen molar-refractivity contribution in [2.75, 3.05) is 14.2 Å². The molecule has 1 aliphatic rings. The minimum atomic E-state index is -0.677. The molecule has 0 aliphatic carbocycles. The summed E-state index contributed by atoms with van der Waals surface area (Å²) < 4.78 is 9.35. The lowest BCUT2D eigenvalue weighted by Gasteiger charge is -2.53. The number of hydrogen-bond donors (Lipinski definition) is 1. The van der Waals surface area contributed by atoms with Crippen molar-refractivity contribution in [2.24, 2.45) is 0 Å². The second kappa shape index (κ2) is 7.59. The van der Waals surface area contributed by atoms with Gasteiger partial charge in [-0.05, 0) is 40.5 Å². The number of carbonyl (C=O) groups excluding carboxylic acids is 2. The van der Waals surface area contributed by atoms with Crippen molar-refractivity contribution in [3.8, 4) is 0 Å². The van der Waals surface area contributed by atoms with Crippen molar-refractivity contribution in [1.82, 2.24) is 5.06 Å². The minimum Gasteiger partial charge on any atom is -0.469 e. The van der Waals surface area contributed by atoms with Crippen LogP contribution in [0.3, 0.4) is 0 Å². The number of aliphatic hydroxyl groups is 1. The average Bonchev–Trinajstić information content (AvgIpc) is 2.40. The van der Waals surface area contributed by atoms with Gasteiger partial charge in [-0.1, -0.05) is 0 Å². The van der Waals surface area contributed by atoms with E-state index in [0.717, 1.165) is 0 Å². The van der Waals surface area contributed by atoms with E-state index in [4.69, 9.17) is 4.84 Å². The summed E-state index contributed by atoms with van der Waals surface area (Å²) in [6.45, 7) is 7.85. The molecular formula is C16H29NO6. The highest BCUT2D eigenvalue weighted by Crippen LogP contribution is 2.39. The molecule has 0 radical (unpaired) electrons. The van der Waals surface area contributed by atoms with Gasteiger partial charge in [0.1, 0.15) is 6.10 Å². The molecule has 7 heteroatoms. The lowest BCUT2D eigenvalue weighted by Crippen LogP contribution is -2.62. The van der Waals surface area contributed by atoms with Gasteiger partial charge in [0.2, 0.25) is 0 Å².